The van der Waals surface area contributed by atoms with Crippen molar-refractivity contribution in [3.8, 4) is 0 Å². The van der Waals surface area contributed by atoms with Crippen molar-refractivity contribution in [2.75, 3.05) is 41.7 Å². The van der Waals surface area contributed by atoms with Gasteiger partial charge in [0.25, 0.3) is 0 Å². The van der Waals surface area contributed by atoms with Gasteiger partial charge in [0.2, 0.25) is 23.8 Å². The van der Waals surface area contributed by atoms with Crippen LogP contribution in [0.4, 0.5) is 17.8 Å². The first-order valence-corrected chi connectivity index (χ1v) is 12.1. The number of carbonyl (C=O) groups excluding carboxylic acids is 1. The van der Waals surface area contributed by atoms with Gasteiger partial charge in [-0.25, -0.2) is 0 Å². The highest BCUT2D eigenvalue weighted by Crippen LogP contribution is 2.20. The molecule has 4 rings (SSSR count). The molecular weight excluding hydrogens is 402 g/mol. The molecule has 2 saturated heterocycles. The molecule has 1 aromatic heterocycles. The molecular formula is C24H35N7O. The number of nitrogens with zero attached hydrogens (tertiary/aromatic N) is 4. The molecule has 1 atom stereocenters. The second-order valence-electron chi connectivity index (χ2n) is 8.68. The van der Waals surface area contributed by atoms with Gasteiger partial charge in [-0.3, -0.25) is 4.79 Å². The molecule has 1 unspecified atom stereocenters. The van der Waals surface area contributed by atoms with E-state index >= 15 is 0 Å². The normalized spacial score (nSPS) is 19.9. The summed E-state index contributed by atoms with van der Waals surface area (Å²) in [6, 6.07) is 10.1. The van der Waals surface area contributed by atoms with Gasteiger partial charge >= 0.3 is 0 Å². The number of rotatable bonds is 7. The maximum atomic E-state index is 12.4. The van der Waals surface area contributed by atoms with E-state index in [0.717, 1.165) is 64.7 Å². The Labute approximate surface area is 190 Å². The molecule has 32 heavy (non-hydrogen) atoms. The molecule has 2 aliphatic heterocycles. The fourth-order valence-corrected chi connectivity index (χ4v) is 4.29. The molecule has 2 fully saturated rings. The Morgan fingerprint density at radius 2 is 1.66 bits per heavy atom. The summed E-state index contributed by atoms with van der Waals surface area (Å²) in [4.78, 5) is 28.8. The van der Waals surface area contributed by atoms with Crippen molar-refractivity contribution in [3.05, 3.63) is 35.9 Å². The third-order valence-electron chi connectivity index (χ3n) is 6.14. The standard InChI is InChI=1S/C24H35N7O/c32-21-20(13-7-8-15-25-21)27-23-28-22(26-16-14-19-11-5-4-6-12-19)29-24(30-23)31-17-9-2-1-3-10-18-31/h4-6,11-12,20H,1-3,7-10,13-18H2,(H,25,32)(H2,26,27,28,29,30). The fraction of sp³-hybridized carbons (Fsp3) is 0.583. The number of anilines is 3. The molecule has 0 saturated carbocycles. The lowest BCUT2D eigenvalue weighted by molar-refractivity contribution is -0.121. The number of amides is 1. The zero-order valence-electron chi connectivity index (χ0n) is 18.9. The fourth-order valence-electron chi connectivity index (χ4n) is 4.29. The molecule has 0 radical (unpaired) electrons. The second kappa shape index (κ2) is 11.6. The lowest BCUT2D eigenvalue weighted by atomic mass is 10.1. The zero-order valence-corrected chi connectivity index (χ0v) is 18.9. The van der Waals surface area contributed by atoms with Crippen molar-refractivity contribution < 1.29 is 4.79 Å². The minimum Gasteiger partial charge on any atom is -0.354 e. The highest BCUT2D eigenvalue weighted by atomic mass is 16.2. The monoisotopic (exact) mass is 437 g/mol. The predicted octanol–water partition coefficient (Wildman–Crippen LogP) is 3.38. The average molecular weight is 438 g/mol. The van der Waals surface area contributed by atoms with Crippen LogP contribution < -0.4 is 20.9 Å². The van der Waals surface area contributed by atoms with Crippen LogP contribution in [0.5, 0.6) is 0 Å². The van der Waals surface area contributed by atoms with Gasteiger partial charge in [0, 0.05) is 26.2 Å². The third kappa shape index (κ3) is 6.55. The third-order valence-corrected chi connectivity index (χ3v) is 6.14. The lowest BCUT2D eigenvalue weighted by Gasteiger charge is -2.25. The van der Waals surface area contributed by atoms with E-state index in [1.807, 2.05) is 6.07 Å². The molecule has 1 amide bonds. The summed E-state index contributed by atoms with van der Waals surface area (Å²) in [5, 5.41) is 9.63. The van der Waals surface area contributed by atoms with Crippen LogP contribution in [-0.4, -0.2) is 53.1 Å². The van der Waals surface area contributed by atoms with Gasteiger partial charge in [-0.05, 0) is 44.1 Å². The van der Waals surface area contributed by atoms with Crippen LogP contribution in [0.1, 0.15) is 56.9 Å². The van der Waals surface area contributed by atoms with E-state index in [4.69, 9.17) is 9.97 Å². The Kier molecular flexibility index (Phi) is 8.11. The molecule has 2 aromatic rings. The van der Waals surface area contributed by atoms with Gasteiger partial charge in [0.1, 0.15) is 6.04 Å². The summed E-state index contributed by atoms with van der Waals surface area (Å²) in [6.45, 7) is 3.38. The van der Waals surface area contributed by atoms with E-state index in [0.29, 0.717) is 17.8 Å². The van der Waals surface area contributed by atoms with E-state index in [1.165, 1.54) is 24.8 Å². The number of nitrogens with one attached hydrogen (secondary N) is 3. The first-order valence-electron chi connectivity index (χ1n) is 12.1. The molecule has 3 N–H and O–H groups in total. The van der Waals surface area contributed by atoms with Gasteiger partial charge < -0.3 is 20.9 Å². The Hall–Kier alpha value is -2.90. The molecule has 0 bridgehead atoms. The number of benzene rings is 1. The highest BCUT2D eigenvalue weighted by Gasteiger charge is 2.23. The quantitative estimate of drug-likeness (QED) is 0.611. The Morgan fingerprint density at radius 3 is 2.47 bits per heavy atom. The predicted molar refractivity (Wildman–Crippen MR) is 128 cm³/mol. The zero-order chi connectivity index (χ0) is 22.0. The molecule has 0 aliphatic carbocycles. The van der Waals surface area contributed by atoms with Crippen LogP contribution in [0.2, 0.25) is 0 Å². The molecule has 3 heterocycles. The van der Waals surface area contributed by atoms with Gasteiger partial charge in [-0.2, -0.15) is 15.0 Å². The van der Waals surface area contributed by atoms with Crippen LogP contribution in [0.25, 0.3) is 0 Å². The van der Waals surface area contributed by atoms with Crippen LogP contribution in [0.3, 0.4) is 0 Å². The van der Waals surface area contributed by atoms with Gasteiger partial charge in [0.05, 0.1) is 0 Å². The minimum absolute atomic E-state index is 0.0225. The van der Waals surface area contributed by atoms with Crippen LogP contribution >= 0.6 is 0 Å². The summed E-state index contributed by atoms with van der Waals surface area (Å²) in [5.41, 5.74) is 1.27. The highest BCUT2D eigenvalue weighted by molar-refractivity contribution is 5.84. The summed E-state index contributed by atoms with van der Waals surface area (Å²) in [5.74, 6) is 1.75. The topological polar surface area (TPSA) is 95.1 Å². The minimum atomic E-state index is -0.308. The summed E-state index contributed by atoms with van der Waals surface area (Å²) in [6.07, 6.45) is 9.78. The Morgan fingerprint density at radius 1 is 0.906 bits per heavy atom. The number of hydrogen-bond acceptors (Lipinski definition) is 7. The Bertz CT molecular complexity index is 853. The van der Waals surface area contributed by atoms with Crippen molar-refractivity contribution in [1.82, 2.24) is 20.3 Å². The van der Waals surface area contributed by atoms with E-state index in [-0.39, 0.29) is 11.9 Å². The van der Waals surface area contributed by atoms with Gasteiger partial charge in [-0.15, -0.1) is 0 Å². The van der Waals surface area contributed by atoms with Crippen LogP contribution in [-0.2, 0) is 11.2 Å². The summed E-state index contributed by atoms with van der Waals surface area (Å²) >= 11 is 0. The van der Waals surface area contributed by atoms with E-state index < -0.39 is 0 Å². The van der Waals surface area contributed by atoms with E-state index in [9.17, 15) is 4.79 Å². The summed E-state index contributed by atoms with van der Waals surface area (Å²) in [7, 11) is 0. The van der Waals surface area contributed by atoms with Crippen molar-refractivity contribution in [1.29, 1.82) is 0 Å². The first kappa shape index (κ1) is 22.3. The maximum absolute atomic E-state index is 12.4. The van der Waals surface area contributed by atoms with Crippen LogP contribution in [0, 0.1) is 0 Å². The van der Waals surface area contributed by atoms with Crippen molar-refractivity contribution in [2.24, 2.45) is 0 Å². The molecule has 1 aromatic carbocycles. The Balaban J connectivity index is 1.50. The van der Waals surface area contributed by atoms with Gasteiger partial charge in [0.15, 0.2) is 0 Å². The van der Waals surface area contributed by atoms with E-state index in [2.05, 4.69) is 50.1 Å². The van der Waals surface area contributed by atoms with Gasteiger partial charge in [-0.1, -0.05) is 49.6 Å². The number of carbonyl (C=O) groups is 1. The summed E-state index contributed by atoms with van der Waals surface area (Å²) < 4.78 is 0. The van der Waals surface area contributed by atoms with E-state index in [1.54, 1.807) is 0 Å². The molecule has 172 valence electrons. The number of aromatic nitrogens is 3. The maximum Gasteiger partial charge on any atom is 0.242 e. The SMILES string of the molecule is O=C1NCCCCC1Nc1nc(NCCc2ccccc2)nc(N2CCCCCCC2)n1. The van der Waals surface area contributed by atoms with Crippen molar-refractivity contribution in [3.63, 3.8) is 0 Å². The van der Waals surface area contributed by atoms with Crippen LogP contribution in [0.15, 0.2) is 30.3 Å². The number of hydrogen-bond donors (Lipinski definition) is 3. The largest absolute Gasteiger partial charge is 0.354 e. The molecule has 2 aliphatic rings. The molecule has 8 nitrogen and oxygen atoms in total. The lowest BCUT2D eigenvalue weighted by Crippen LogP contribution is -2.38. The molecule has 0 spiro atoms. The second-order valence-corrected chi connectivity index (χ2v) is 8.68. The average Bonchev–Trinajstić information content (AvgIpc) is 2.98. The van der Waals surface area contributed by atoms with Crippen molar-refractivity contribution in [2.45, 2.75) is 63.8 Å². The molecule has 8 heteroatoms. The van der Waals surface area contributed by atoms with Crippen molar-refractivity contribution >= 4 is 23.8 Å². The first-order chi connectivity index (χ1) is 15.8. The smallest absolute Gasteiger partial charge is 0.242 e.